The van der Waals surface area contributed by atoms with Crippen LogP contribution in [0.1, 0.15) is 23.1 Å². The second kappa shape index (κ2) is 10.2. The molecule has 0 radical (unpaired) electrons. The second-order valence-corrected chi connectivity index (χ2v) is 7.90. The Balaban J connectivity index is 1.61. The Kier molecular flexibility index (Phi) is 7.13. The molecule has 0 bridgehead atoms. The molecule has 4 rings (SSSR count). The minimum absolute atomic E-state index is 0.0187. The van der Waals surface area contributed by atoms with Gasteiger partial charge in [-0.25, -0.2) is 26.3 Å². The van der Waals surface area contributed by atoms with E-state index >= 15 is 0 Å². The van der Waals surface area contributed by atoms with Gasteiger partial charge in [0.2, 0.25) is 0 Å². The van der Waals surface area contributed by atoms with Gasteiger partial charge < -0.3 is 4.74 Å². The van der Waals surface area contributed by atoms with Gasteiger partial charge in [0, 0.05) is 24.7 Å². The van der Waals surface area contributed by atoms with Crippen molar-refractivity contribution in [2.75, 3.05) is 13.7 Å². The van der Waals surface area contributed by atoms with Crippen molar-refractivity contribution in [3.8, 4) is 23.0 Å². The average molecular weight is 484 g/mol. The zero-order valence-corrected chi connectivity index (χ0v) is 18.5. The smallest absolute Gasteiger partial charge is 0.195 e. The standard InChI is InChI=1S/C28H18F6O/c1-35-10-2-3-17-12-23(30)26(24(31)13-17)19-8-7-18(22(29)14-19)6-4-16-5-9-21-20(11-16)15-25(32)28(34)27(21)33/h5,7-9,11-15H,2-3,10H2,1H3. The molecule has 0 fully saturated rings. The van der Waals surface area contributed by atoms with Crippen LogP contribution in [-0.4, -0.2) is 13.7 Å². The number of rotatable bonds is 5. The van der Waals surface area contributed by atoms with E-state index in [-0.39, 0.29) is 27.5 Å². The third kappa shape index (κ3) is 5.18. The molecule has 35 heavy (non-hydrogen) atoms. The van der Waals surface area contributed by atoms with Crippen molar-refractivity contribution in [2.24, 2.45) is 0 Å². The fraction of sp³-hybridized carbons (Fsp3) is 0.143. The van der Waals surface area contributed by atoms with E-state index in [2.05, 4.69) is 11.8 Å². The van der Waals surface area contributed by atoms with E-state index in [1.165, 1.54) is 42.5 Å². The third-order valence-corrected chi connectivity index (χ3v) is 5.49. The van der Waals surface area contributed by atoms with Gasteiger partial charge in [-0.05, 0) is 71.8 Å². The van der Waals surface area contributed by atoms with Gasteiger partial charge in [-0.1, -0.05) is 24.0 Å². The number of hydrogen-bond acceptors (Lipinski definition) is 1. The lowest BCUT2D eigenvalue weighted by Gasteiger charge is -2.09. The monoisotopic (exact) mass is 484 g/mol. The molecular weight excluding hydrogens is 466 g/mol. The molecule has 0 aliphatic heterocycles. The molecule has 0 atom stereocenters. The first-order valence-electron chi connectivity index (χ1n) is 10.6. The van der Waals surface area contributed by atoms with E-state index in [0.717, 1.165) is 12.1 Å². The quantitative estimate of drug-likeness (QED) is 0.125. The maximum absolute atomic E-state index is 14.7. The number of methoxy groups -OCH3 is 1. The van der Waals surface area contributed by atoms with Crippen LogP contribution in [0.5, 0.6) is 0 Å². The van der Waals surface area contributed by atoms with Gasteiger partial charge in [-0.15, -0.1) is 0 Å². The Morgan fingerprint density at radius 2 is 1.46 bits per heavy atom. The highest BCUT2D eigenvalue weighted by Gasteiger charge is 2.16. The van der Waals surface area contributed by atoms with Crippen LogP contribution < -0.4 is 0 Å². The highest BCUT2D eigenvalue weighted by atomic mass is 19.2. The zero-order chi connectivity index (χ0) is 25.1. The molecular formula is C28H18F6O. The summed E-state index contributed by atoms with van der Waals surface area (Å²) in [5.74, 6) is -1.33. The maximum atomic E-state index is 14.7. The zero-order valence-electron chi connectivity index (χ0n) is 18.5. The number of hydrogen-bond donors (Lipinski definition) is 0. The van der Waals surface area contributed by atoms with Gasteiger partial charge in [0.15, 0.2) is 17.5 Å². The molecule has 4 aromatic carbocycles. The minimum Gasteiger partial charge on any atom is -0.385 e. The van der Waals surface area contributed by atoms with E-state index in [1.54, 1.807) is 7.11 Å². The van der Waals surface area contributed by atoms with Crippen molar-refractivity contribution in [2.45, 2.75) is 12.8 Å². The van der Waals surface area contributed by atoms with Crippen LogP contribution in [0, 0.1) is 46.7 Å². The lowest BCUT2D eigenvalue weighted by atomic mass is 9.99. The molecule has 0 amide bonds. The average Bonchev–Trinajstić information content (AvgIpc) is 2.82. The van der Waals surface area contributed by atoms with Crippen LogP contribution >= 0.6 is 0 Å². The number of halogens is 6. The number of aryl methyl sites for hydroxylation is 1. The summed E-state index contributed by atoms with van der Waals surface area (Å²) in [5.41, 5.74) is 0.423. The van der Waals surface area contributed by atoms with Crippen LogP contribution in [0.3, 0.4) is 0 Å². The molecule has 1 nitrogen and oxygen atoms in total. The Morgan fingerprint density at radius 3 is 2.14 bits per heavy atom. The summed E-state index contributed by atoms with van der Waals surface area (Å²) in [5, 5.41) is -0.0145. The molecule has 178 valence electrons. The van der Waals surface area contributed by atoms with Gasteiger partial charge in [0.05, 0.1) is 11.1 Å². The Labute approximate surface area is 198 Å². The first kappa shape index (κ1) is 24.4. The van der Waals surface area contributed by atoms with E-state index in [1.807, 2.05) is 0 Å². The van der Waals surface area contributed by atoms with Gasteiger partial charge >= 0.3 is 0 Å². The van der Waals surface area contributed by atoms with Gasteiger partial charge in [-0.2, -0.15) is 0 Å². The van der Waals surface area contributed by atoms with Crippen LogP contribution in [0.2, 0.25) is 0 Å². The fourth-order valence-corrected chi connectivity index (χ4v) is 3.76. The van der Waals surface area contributed by atoms with Crippen molar-refractivity contribution in [3.05, 3.63) is 106 Å². The Bertz CT molecular complexity index is 1460. The summed E-state index contributed by atoms with van der Waals surface area (Å²) in [6.45, 7) is 0.463. The van der Waals surface area contributed by atoms with E-state index in [0.29, 0.717) is 30.6 Å². The lowest BCUT2D eigenvalue weighted by molar-refractivity contribution is 0.195. The predicted molar refractivity (Wildman–Crippen MR) is 122 cm³/mol. The van der Waals surface area contributed by atoms with Crippen LogP contribution in [0.15, 0.2) is 54.6 Å². The summed E-state index contributed by atoms with van der Waals surface area (Å²) < 4.78 is 89.6. The molecule has 0 spiro atoms. The van der Waals surface area contributed by atoms with E-state index in [9.17, 15) is 26.3 Å². The van der Waals surface area contributed by atoms with Crippen molar-refractivity contribution >= 4 is 10.8 Å². The van der Waals surface area contributed by atoms with E-state index < -0.39 is 34.9 Å². The van der Waals surface area contributed by atoms with Crippen molar-refractivity contribution < 1.29 is 31.1 Å². The summed E-state index contributed by atoms with van der Waals surface area (Å²) in [7, 11) is 1.54. The Morgan fingerprint density at radius 1 is 0.714 bits per heavy atom. The largest absolute Gasteiger partial charge is 0.385 e. The highest BCUT2D eigenvalue weighted by molar-refractivity contribution is 5.84. The number of benzene rings is 4. The molecule has 0 aliphatic rings. The van der Waals surface area contributed by atoms with Gasteiger partial charge in [0.25, 0.3) is 0 Å². The molecule has 0 unspecified atom stereocenters. The van der Waals surface area contributed by atoms with Crippen molar-refractivity contribution in [1.29, 1.82) is 0 Å². The molecule has 0 heterocycles. The maximum Gasteiger partial charge on any atom is 0.195 e. The molecule has 0 aromatic heterocycles. The third-order valence-electron chi connectivity index (χ3n) is 5.49. The first-order chi connectivity index (χ1) is 16.8. The number of fused-ring (bicyclic) bond motifs is 1. The van der Waals surface area contributed by atoms with Crippen molar-refractivity contribution in [3.63, 3.8) is 0 Å². The summed E-state index contributed by atoms with van der Waals surface area (Å²) >= 11 is 0. The lowest BCUT2D eigenvalue weighted by Crippen LogP contribution is -1.98. The van der Waals surface area contributed by atoms with Crippen LogP contribution in [-0.2, 0) is 11.2 Å². The van der Waals surface area contributed by atoms with Gasteiger partial charge in [-0.3, -0.25) is 0 Å². The molecule has 0 N–H and O–H groups in total. The molecule has 0 aliphatic carbocycles. The Hall–Kier alpha value is -3.76. The summed E-state index contributed by atoms with van der Waals surface area (Å²) in [6.07, 6.45) is 1.04. The SMILES string of the molecule is COCCCc1cc(F)c(-c2ccc(C#Cc3ccc4c(F)c(F)c(F)cc4c3)c(F)c2)c(F)c1. The number of ether oxygens (including phenoxy) is 1. The summed E-state index contributed by atoms with van der Waals surface area (Å²) in [4.78, 5) is 0. The molecule has 7 heteroatoms. The fourth-order valence-electron chi connectivity index (χ4n) is 3.76. The minimum atomic E-state index is -1.56. The molecule has 0 saturated heterocycles. The first-order valence-corrected chi connectivity index (χ1v) is 10.6. The van der Waals surface area contributed by atoms with Gasteiger partial charge in [0.1, 0.15) is 17.5 Å². The van der Waals surface area contributed by atoms with Crippen LogP contribution in [0.4, 0.5) is 26.3 Å². The molecule has 4 aromatic rings. The highest BCUT2D eigenvalue weighted by Crippen LogP contribution is 2.29. The van der Waals surface area contributed by atoms with Crippen molar-refractivity contribution in [1.82, 2.24) is 0 Å². The normalized spacial score (nSPS) is 10.9. The van der Waals surface area contributed by atoms with E-state index in [4.69, 9.17) is 4.74 Å². The van der Waals surface area contributed by atoms with Crippen LogP contribution in [0.25, 0.3) is 21.9 Å². The predicted octanol–water partition coefficient (Wildman–Crippen LogP) is 7.32. The topological polar surface area (TPSA) is 9.23 Å². The summed E-state index contributed by atoms with van der Waals surface area (Å²) in [6, 6.07) is 10.9. The molecule has 0 saturated carbocycles. The second-order valence-electron chi connectivity index (χ2n) is 7.90.